The van der Waals surface area contributed by atoms with Gasteiger partial charge in [-0.1, -0.05) is 55.1 Å². The Morgan fingerprint density at radius 1 is 1.11 bits per heavy atom. The van der Waals surface area contributed by atoms with Crippen LogP contribution in [-0.2, 0) is 0 Å². The molecule has 0 bridgehead atoms. The Labute approximate surface area is 107 Å². The van der Waals surface area contributed by atoms with Gasteiger partial charge in [-0.3, -0.25) is 4.79 Å². The number of primary amides is 1. The Balaban J connectivity index is 2.76. The molecule has 0 atom stereocenters. The third-order valence-electron chi connectivity index (χ3n) is 3.00. The van der Waals surface area contributed by atoms with Gasteiger partial charge in [-0.2, -0.15) is 0 Å². The van der Waals surface area contributed by atoms with E-state index in [1.165, 1.54) is 0 Å². The van der Waals surface area contributed by atoms with Gasteiger partial charge in [-0.25, -0.2) is 0 Å². The summed E-state index contributed by atoms with van der Waals surface area (Å²) in [6, 6.07) is 13.6. The highest BCUT2D eigenvalue weighted by atomic mass is 16.1. The molecule has 1 amide bonds. The number of hydrogen-bond acceptors (Lipinski definition) is 1. The van der Waals surface area contributed by atoms with E-state index in [4.69, 9.17) is 5.73 Å². The van der Waals surface area contributed by atoms with E-state index >= 15 is 0 Å². The quantitative estimate of drug-likeness (QED) is 0.873. The highest BCUT2D eigenvalue weighted by Gasteiger charge is 2.14. The van der Waals surface area contributed by atoms with Gasteiger partial charge >= 0.3 is 0 Å². The van der Waals surface area contributed by atoms with Gasteiger partial charge < -0.3 is 5.73 Å². The second-order valence-electron chi connectivity index (χ2n) is 4.15. The van der Waals surface area contributed by atoms with Crippen molar-refractivity contribution in [3.05, 3.63) is 65.7 Å². The summed E-state index contributed by atoms with van der Waals surface area (Å²) >= 11 is 0. The van der Waals surface area contributed by atoms with Crippen LogP contribution in [0.3, 0.4) is 0 Å². The first-order chi connectivity index (χ1) is 8.65. The normalized spacial score (nSPS) is 10.1. The van der Waals surface area contributed by atoms with Crippen LogP contribution < -0.4 is 5.73 Å². The fraction of sp³-hybridized carbons (Fsp3) is 0.0625. The van der Waals surface area contributed by atoms with Gasteiger partial charge in [0.15, 0.2) is 0 Å². The van der Waals surface area contributed by atoms with Crippen molar-refractivity contribution in [1.82, 2.24) is 0 Å². The molecule has 0 aliphatic carbocycles. The lowest BCUT2D eigenvalue weighted by atomic mass is 9.92. The topological polar surface area (TPSA) is 43.1 Å². The van der Waals surface area contributed by atoms with E-state index in [0.717, 1.165) is 22.3 Å². The summed E-state index contributed by atoms with van der Waals surface area (Å²) in [5.41, 5.74) is 9.78. The first-order valence-electron chi connectivity index (χ1n) is 5.76. The van der Waals surface area contributed by atoms with Crippen molar-refractivity contribution >= 4 is 12.0 Å². The molecule has 0 heterocycles. The Morgan fingerprint density at radius 3 is 2.39 bits per heavy atom. The maximum Gasteiger partial charge on any atom is 0.249 e. The summed E-state index contributed by atoms with van der Waals surface area (Å²) in [4.78, 5) is 11.7. The van der Waals surface area contributed by atoms with Crippen molar-refractivity contribution in [2.75, 3.05) is 0 Å². The molecule has 2 heteroatoms. The van der Waals surface area contributed by atoms with Crippen LogP contribution in [0.2, 0.25) is 0 Å². The van der Waals surface area contributed by atoms with Crippen molar-refractivity contribution in [2.24, 2.45) is 5.73 Å². The largest absolute Gasteiger partial charge is 0.366 e. The molecule has 2 nitrogen and oxygen atoms in total. The van der Waals surface area contributed by atoms with E-state index in [2.05, 4.69) is 6.58 Å². The van der Waals surface area contributed by atoms with E-state index in [9.17, 15) is 4.79 Å². The fourth-order valence-corrected chi connectivity index (χ4v) is 2.11. The fourth-order valence-electron chi connectivity index (χ4n) is 2.11. The summed E-state index contributed by atoms with van der Waals surface area (Å²) in [5.74, 6) is -0.427. The molecule has 0 aliphatic rings. The summed E-state index contributed by atoms with van der Waals surface area (Å²) < 4.78 is 0. The van der Waals surface area contributed by atoms with Gasteiger partial charge in [0, 0.05) is 0 Å². The number of rotatable bonds is 3. The summed E-state index contributed by atoms with van der Waals surface area (Å²) in [7, 11) is 0. The smallest absolute Gasteiger partial charge is 0.249 e. The van der Waals surface area contributed by atoms with Gasteiger partial charge in [0.2, 0.25) is 5.91 Å². The molecule has 0 fully saturated rings. The zero-order valence-corrected chi connectivity index (χ0v) is 10.3. The van der Waals surface area contributed by atoms with Gasteiger partial charge in [-0.05, 0) is 29.2 Å². The van der Waals surface area contributed by atoms with Crippen LogP contribution in [0.4, 0.5) is 0 Å². The lowest BCUT2D eigenvalue weighted by molar-refractivity contribution is 0.100. The molecule has 2 rings (SSSR count). The second kappa shape index (κ2) is 4.88. The molecule has 0 saturated carbocycles. The number of carbonyl (C=O) groups is 1. The molecule has 18 heavy (non-hydrogen) atoms. The Kier molecular flexibility index (Phi) is 3.28. The molecule has 0 aromatic heterocycles. The molecule has 0 aliphatic heterocycles. The van der Waals surface area contributed by atoms with Crippen LogP contribution in [0.5, 0.6) is 0 Å². The molecule has 2 N–H and O–H groups in total. The van der Waals surface area contributed by atoms with E-state index in [1.807, 2.05) is 49.4 Å². The minimum absolute atomic E-state index is 0.427. The molecule has 2 aromatic carbocycles. The van der Waals surface area contributed by atoms with Crippen LogP contribution in [0.15, 0.2) is 49.0 Å². The zero-order chi connectivity index (χ0) is 13.1. The van der Waals surface area contributed by atoms with Crippen LogP contribution in [0.25, 0.3) is 17.2 Å². The maximum absolute atomic E-state index is 11.7. The average Bonchev–Trinajstić information content (AvgIpc) is 2.38. The first kappa shape index (κ1) is 12.1. The van der Waals surface area contributed by atoms with E-state index in [1.54, 1.807) is 6.08 Å². The van der Waals surface area contributed by atoms with Gasteiger partial charge in [-0.15, -0.1) is 0 Å². The van der Waals surface area contributed by atoms with Gasteiger partial charge in [0.25, 0.3) is 0 Å². The summed E-state index contributed by atoms with van der Waals surface area (Å²) in [6.07, 6.45) is 1.65. The Morgan fingerprint density at radius 2 is 1.78 bits per heavy atom. The van der Waals surface area contributed by atoms with E-state index in [0.29, 0.717) is 5.56 Å². The predicted molar refractivity (Wildman–Crippen MR) is 75.2 cm³/mol. The van der Waals surface area contributed by atoms with Crippen LogP contribution in [0.1, 0.15) is 21.5 Å². The zero-order valence-electron chi connectivity index (χ0n) is 10.3. The second-order valence-corrected chi connectivity index (χ2v) is 4.15. The maximum atomic E-state index is 11.7. The minimum Gasteiger partial charge on any atom is -0.366 e. The van der Waals surface area contributed by atoms with E-state index < -0.39 is 5.91 Å². The number of carbonyl (C=O) groups excluding carboxylic acids is 1. The molecule has 2 aromatic rings. The van der Waals surface area contributed by atoms with Crippen molar-refractivity contribution in [3.8, 4) is 11.1 Å². The van der Waals surface area contributed by atoms with Crippen LogP contribution >= 0.6 is 0 Å². The molecule has 0 unspecified atom stereocenters. The van der Waals surface area contributed by atoms with Crippen molar-refractivity contribution in [3.63, 3.8) is 0 Å². The monoisotopic (exact) mass is 237 g/mol. The molecule has 90 valence electrons. The number of aryl methyl sites for hydroxylation is 1. The van der Waals surface area contributed by atoms with E-state index in [-0.39, 0.29) is 0 Å². The Bertz CT molecular complexity index is 614. The highest BCUT2D eigenvalue weighted by Crippen LogP contribution is 2.29. The highest BCUT2D eigenvalue weighted by molar-refractivity contribution is 6.03. The SMILES string of the molecule is C=Cc1cccc(-c2ccccc2C)c1C(N)=O. The third kappa shape index (κ3) is 2.05. The number of amides is 1. The molecular formula is C16H15NO. The first-order valence-corrected chi connectivity index (χ1v) is 5.76. The standard InChI is InChI=1S/C16H15NO/c1-3-12-8-6-10-14(15(12)16(17)18)13-9-5-4-7-11(13)2/h3-10H,1H2,2H3,(H2,17,18). The number of nitrogens with two attached hydrogens (primary N) is 1. The van der Waals surface area contributed by atoms with Crippen molar-refractivity contribution in [1.29, 1.82) is 0 Å². The molecule has 0 radical (unpaired) electrons. The van der Waals surface area contributed by atoms with Gasteiger partial charge in [0.05, 0.1) is 5.56 Å². The summed E-state index contributed by atoms with van der Waals surface area (Å²) in [5, 5.41) is 0. The number of hydrogen-bond donors (Lipinski definition) is 1. The average molecular weight is 237 g/mol. The Hall–Kier alpha value is -2.35. The minimum atomic E-state index is -0.427. The summed E-state index contributed by atoms with van der Waals surface area (Å²) in [6.45, 7) is 5.74. The molecule has 0 spiro atoms. The molecule has 0 saturated heterocycles. The van der Waals surface area contributed by atoms with Gasteiger partial charge in [0.1, 0.15) is 0 Å². The van der Waals surface area contributed by atoms with Crippen molar-refractivity contribution < 1.29 is 4.79 Å². The predicted octanol–water partition coefficient (Wildman–Crippen LogP) is 3.40. The van der Waals surface area contributed by atoms with Crippen LogP contribution in [-0.4, -0.2) is 5.91 Å². The van der Waals surface area contributed by atoms with Crippen molar-refractivity contribution in [2.45, 2.75) is 6.92 Å². The molecular weight excluding hydrogens is 222 g/mol. The number of benzene rings is 2. The van der Waals surface area contributed by atoms with Crippen LogP contribution in [0, 0.1) is 6.92 Å². The lowest BCUT2D eigenvalue weighted by Crippen LogP contribution is -2.14. The lowest BCUT2D eigenvalue weighted by Gasteiger charge is -2.12. The third-order valence-corrected chi connectivity index (χ3v) is 3.00.